The van der Waals surface area contributed by atoms with Crippen molar-refractivity contribution in [3.8, 4) is 0 Å². The summed E-state index contributed by atoms with van der Waals surface area (Å²) in [5, 5.41) is 11.1. The molecular formula is C16H14ClN3O5. The molecule has 0 bridgehead atoms. The monoisotopic (exact) mass is 363 g/mol. The summed E-state index contributed by atoms with van der Waals surface area (Å²) in [7, 11) is 1.19. The number of aromatic nitrogens is 1. The lowest BCUT2D eigenvalue weighted by atomic mass is 10.1. The van der Waals surface area contributed by atoms with E-state index in [1.54, 1.807) is 24.3 Å². The summed E-state index contributed by atoms with van der Waals surface area (Å²) in [5.74, 6) is -1.36. The van der Waals surface area contributed by atoms with E-state index in [-0.39, 0.29) is 23.8 Å². The second-order valence-electron chi connectivity index (χ2n) is 5.00. The number of hydrogen-bond donors (Lipinski definition) is 0. The first-order chi connectivity index (χ1) is 11.9. The maximum atomic E-state index is 12.8. The van der Waals surface area contributed by atoms with Gasteiger partial charge in [0.1, 0.15) is 23.5 Å². The van der Waals surface area contributed by atoms with Crippen LogP contribution < -0.4 is 0 Å². The predicted molar refractivity (Wildman–Crippen MR) is 89.1 cm³/mol. The summed E-state index contributed by atoms with van der Waals surface area (Å²) in [5.41, 5.74) is 0.0183. The molecule has 0 saturated heterocycles. The Morgan fingerprint density at radius 1 is 1.32 bits per heavy atom. The molecule has 0 spiro atoms. The van der Waals surface area contributed by atoms with E-state index >= 15 is 0 Å². The molecule has 0 aliphatic rings. The molecule has 0 aliphatic heterocycles. The molecule has 1 aromatic carbocycles. The zero-order valence-corrected chi connectivity index (χ0v) is 14.0. The van der Waals surface area contributed by atoms with Gasteiger partial charge in [-0.3, -0.25) is 19.7 Å². The summed E-state index contributed by atoms with van der Waals surface area (Å²) in [6.07, 6.45) is 0.911. The Morgan fingerprint density at radius 2 is 2.00 bits per heavy atom. The molecule has 1 aromatic heterocycles. The van der Waals surface area contributed by atoms with Gasteiger partial charge in [-0.1, -0.05) is 41.9 Å². The molecule has 1 heterocycles. The van der Waals surface area contributed by atoms with E-state index < -0.39 is 22.5 Å². The van der Waals surface area contributed by atoms with Gasteiger partial charge in [0, 0.05) is 6.54 Å². The molecule has 0 atom stereocenters. The van der Waals surface area contributed by atoms with Crippen molar-refractivity contribution in [3.05, 3.63) is 69.0 Å². The minimum atomic E-state index is -0.727. The highest BCUT2D eigenvalue weighted by atomic mass is 35.5. The SMILES string of the molecule is COC(=O)CN(Cc1ccccc1)C(=O)c1cc(Cl)ncc1[N+](=O)[O-]. The molecule has 2 rings (SSSR count). The Labute approximate surface area is 148 Å². The number of nitro groups is 1. The zero-order chi connectivity index (χ0) is 18.4. The van der Waals surface area contributed by atoms with E-state index in [1.165, 1.54) is 7.11 Å². The first-order valence-corrected chi connectivity index (χ1v) is 7.50. The highest BCUT2D eigenvalue weighted by Crippen LogP contribution is 2.23. The number of benzene rings is 1. The Bertz CT molecular complexity index is 798. The maximum Gasteiger partial charge on any atom is 0.325 e. The Hall–Kier alpha value is -3.00. The Morgan fingerprint density at radius 3 is 2.60 bits per heavy atom. The largest absolute Gasteiger partial charge is 0.468 e. The van der Waals surface area contributed by atoms with Crippen LogP contribution in [0.25, 0.3) is 0 Å². The smallest absolute Gasteiger partial charge is 0.325 e. The van der Waals surface area contributed by atoms with Crippen LogP contribution in [0.5, 0.6) is 0 Å². The fourth-order valence-electron chi connectivity index (χ4n) is 2.13. The van der Waals surface area contributed by atoms with Crippen molar-refractivity contribution in [2.45, 2.75) is 6.54 Å². The summed E-state index contributed by atoms with van der Waals surface area (Å²) >= 11 is 5.77. The van der Waals surface area contributed by atoms with Gasteiger partial charge in [0.25, 0.3) is 11.6 Å². The van der Waals surface area contributed by atoms with E-state index in [0.29, 0.717) is 0 Å². The molecule has 0 fully saturated rings. The number of methoxy groups -OCH3 is 1. The number of rotatable bonds is 6. The molecule has 0 N–H and O–H groups in total. The Balaban J connectivity index is 2.39. The highest BCUT2D eigenvalue weighted by molar-refractivity contribution is 6.29. The highest BCUT2D eigenvalue weighted by Gasteiger charge is 2.27. The van der Waals surface area contributed by atoms with E-state index in [2.05, 4.69) is 9.72 Å². The van der Waals surface area contributed by atoms with Crippen LogP contribution in [0.3, 0.4) is 0 Å². The first kappa shape index (κ1) is 18.3. The van der Waals surface area contributed by atoms with Crippen LogP contribution in [0.4, 0.5) is 5.69 Å². The van der Waals surface area contributed by atoms with Gasteiger partial charge in [0.05, 0.1) is 12.0 Å². The van der Waals surface area contributed by atoms with Gasteiger partial charge in [-0.2, -0.15) is 0 Å². The molecule has 130 valence electrons. The van der Waals surface area contributed by atoms with Gasteiger partial charge in [0.15, 0.2) is 0 Å². The first-order valence-electron chi connectivity index (χ1n) is 7.12. The molecule has 0 saturated carbocycles. The molecule has 1 amide bonds. The fourth-order valence-corrected chi connectivity index (χ4v) is 2.29. The van der Waals surface area contributed by atoms with Crippen LogP contribution >= 0.6 is 11.6 Å². The molecule has 0 radical (unpaired) electrons. The van der Waals surface area contributed by atoms with Crippen LogP contribution in [0, 0.1) is 10.1 Å². The summed E-state index contributed by atoms with van der Waals surface area (Å²) < 4.78 is 4.60. The fraction of sp³-hybridized carbons (Fsp3) is 0.188. The lowest BCUT2D eigenvalue weighted by Gasteiger charge is -2.21. The van der Waals surface area contributed by atoms with Crippen LogP contribution in [0.2, 0.25) is 5.15 Å². The maximum absolute atomic E-state index is 12.8. The van der Waals surface area contributed by atoms with Crippen LogP contribution in [0.1, 0.15) is 15.9 Å². The van der Waals surface area contributed by atoms with Crippen molar-refractivity contribution in [1.29, 1.82) is 0 Å². The molecule has 0 unspecified atom stereocenters. The van der Waals surface area contributed by atoms with E-state index in [9.17, 15) is 19.7 Å². The average molecular weight is 364 g/mol. The standard InChI is InChI=1S/C16H14ClN3O5/c1-25-15(21)10-19(9-11-5-3-2-4-6-11)16(22)12-7-14(17)18-8-13(12)20(23)24/h2-8H,9-10H2,1H3. The number of nitrogens with zero attached hydrogens (tertiary/aromatic N) is 3. The zero-order valence-electron chi connectivity index (χ0n) is 13.2. The summed E-state index contributed by atoms with van der Waals surface area (Å²) in [4.78, 5) is 39.7. The number of carbonyl (C=O) groups excluding carboxylic acids is 2. The number of hydrogen-bond acceptors (Lipinski definition) is 6. The molecule has 2 aromatic rings. The molecule has 9 heteroatoms. The van der Waals surface area contributed by atoms with E-state index in [4.69, 9.17) is 11.6 Å². The van der Waals surface area contributed by atoms with Gasteiger partial charge < -0.3 is 9.64 Å². The minimum Gasteiger partial charge on any atom is -0.468 e. The van der Waals surface area contributed by atoms with Crippen LogP contribution in [-0.2, 0) is 16.1 Å². The minimum absolute atomic E-state index is 0.0633. The predicted octanol–water partition coefficient (Wildman–Crippen LogP) is 2.46. The third-order valence-electron chi connectivity index (χ3n) is 3.33. The number of ether oxygens (including phenoxy) is 1. The van der Waals surface area contributed by atoms with Crippen LogP contribution in [0.15, 0.2) is 42.6 Å². The summed E-state index contributed by atoms with van der Waals surface area (Å²) in [6, 6.07) is 10.0. The summed E-state index contributed by atoms with van der Waals surface area (Å²) in [6.45, 7) is -0.285. The third-order valence-corrected chi connectivity index (χ3v) is 3.53. The second kappa shape index (κ2) is 8.20. The van der Waals surface area contributed by atoms with Gasteiger partial charge in [-0.25, -0.2) is 4.98 Å². The lowest BCUT2D eigenvalue weighted by Crippen LogP contribution is -2.36. The number of amides is 1. The number of esters is 1. The van der Waals surface area contributed by atoms with Gasteiger partial charge in [0.2, 0.25) is 0 Å². The topological polar surface area (TPSA) is 103 Å². The second-order valence-corrected chi connectivity index (χ2v) is 5.39. The number of halogens is 1. The molecule has 8 nitrogen and oxygen atoms in total. The number of carbonyl (C=O) groups is 2. The van der Waals surface area contributed by atoms with Crippen molar-refractivity contribution in [3.63, 3.8) is 0 Å². The average Bonchev–Trinajstić information content (AvgIpc) is 2.60. The van der Waals surface area contributed by atoms with Crippen LogP contribution in [-0.4, -0.2) is 40.3 Å². The van der Waals surface area contributed by atoms with Gasteiger partial charge in [-0.15, -0.1) is 0 Å². The van der Waals surface area contributed by atoms with E-state index in [1.807, 2.05) is 6.07 Å². The third kappa shape index (κ3) is 4.74. The molecule has 25 heavy (non-hydrogen) atoms. The number of pyridine rings is 1. The molecule has 0 aliphatic carbocycles. The van der Waals surface area contributed by atoms with Crippen molar-refractivity contribution >= 4 is 29.2 Å². The quantitative estimate of drug-likeness (QED) is 0.338. The van der Waals surface area contributed by atoms with E-state index in [0.717, 1.165) is 22.7 Å². The lowest BCUT2D eigenvalue weighted by molar-refractivity contribution is -0.385. The van der Waals surface area contributed by atoms with Crippen molar-refractivity contribution in [2.75, 3.05) is 13.7 Å². The Kier molecular flexibility index (Phi) is 6.02. The molecular weight excluding hydrogens is 350 g/mol. The van der Waals surface area contributed by atoms with Crippen molar-refractivity contribution in [1.82, 2.24) is 9.88 Å². The normalized spacial score (nSPS) is 10.2. The van der Waals surface area contributed by atoms with Crippen molar-refractivity contribution < 1.29 is 19.2 Å². The van der Waals surface area contributed by atoms with Crippen molar-refractivity contribution in [2.24, 2.45) is 0 Å². The van der Waals surface area contributed by atoms with Gasteiger partial charge >= 0.3 is 5.97 Å². The van der Waals surface area contributed by atoms with Gasteiger partial charge in [-0.05, 0) is 11.6 Å².